The zero-order chi connectivity index (χ0) is 17.7. The number of imidazole rings is 1. The molecule has 0 radical (unpaired) electrons. The van der Waals surface area contributed by atoms with E-state index in [9.17, 15) is 9.90 Å². The van der Waals surface area contributed by atoms with Gasteiger partial charge in [-0.1, -0.05) is 18.2 Å². The first kappa shape index (κ1) is 14.9. The SMILES string of the molecule is O=c1[nH]cc(O)n1[C@@H]1C[C@H]1c1ccc(-c2ccc3ncccc3c2)nc1. The van der Waals surface area contributed by atoms with Gasteiger partial charge < -0.3 is 10.1 Å². The minimum atomic E-state index is -0.274. The molecule has 0 amide bonds. The molecule has 4 aromatic rings. The van der Waals surface area contributed by atoms with Gasteiger partial charge in [-0.15, -0.1) is 0 Å². The highest BCUT2D eigenvalue weighted by Gasteiger charge is 2.42. The first-order chi connectivity index (χ1) is 12.7. The van der Waals surface area contributed by atoms with Gasteiger partial charge in [0.05, 0.1) is 17.4 Å². The molecule has 2 atom stereocenters. The minimum absolute atomic E-state index is 0.00635. The number of aromatic nitrogens is 4. The molecule has 128 valence electrons. The van der Waals surface area contributed by atoms with Crippen LogP contribution < -0.4 is 5.69 Å². The lowest BCUT2D eigenvalue weighted by atomic mass is 10.1. The molecule has 26 heavy (non-hydrogen) atoms. The third kappa shape index (κ3) is 2.38. The third-order valence-electron chi connectivity index (χ3n) is 4.99. The van der Waals surface area contributed by atoms with Gasteiger partial charge in [-0.2, -0.15) is 0 Å². The standard InChI is InChI=1S/C20H16N4O2/c25-19-11-23-20(26)24(19)18-9-15(18)14-4-6-17(22-10-14)13-3-5-16-12(8-13)2-1-7-21-16/h1-8,10-11,15,18,25H,9H2,(H,23,26)/t15-,18+/m0/s1. The van der Waals surface area contributed by atoms with Crippen molar-refractivity contribution in [3.8, 4) is 17.1 Å². The summed E-state index contributed by atoms with van der Waals surface area (Å²) in [5.74, 6) is 0.189. The van der Waals surface area contributed by atoms with Crippen LogP contribution in [0.4, 0.5) is 0 Å². The molecule has 0 saturated heterocycles. The van der Waals surface area contributed by atoms with Crippen LogP contribution in [0.2, 0.25) is 0 Å². The topological polar surface area (TPSA) is 83.8 Å². The number of H-pyrrole nitrogens is 1. The summed E-state index contributed by atoms with van der Waals surface area (Å²) in [6, 6.07) is 14.1. The van der Waals surface area contributed by atoms with Gasteiger partial charge in [-0.25, -0.2) is 4.79 Å². The quantitative estimate of drug-likeness (QED) is 0.598. The Morgan fingerprint density at radius 3 is 2.85 bits per heavy atom. The summed E-state index contributed by atoms with van der Waals surface area (Å²) in [7, 11) is 0. The second kappa shape index (κ2) is 5.56. The molecule has 1 aromatic carbocycles. The van der Waals surface area contributed by atoms with Crippen molar-refractivity contribution in [3.05, 3.63) is 77.1 Å². The van der Waals surface area contributed by atoms with Crippen molar-refractivity contribution in [1.82, 2.24) is 19.5 Å². The zero-order valence-electron chi connectivity index (χ0n) is 13.8. The number of fused-ring (bicyclic) bond motifs is 1. The number of aromatic hydroxyl groups is 1. The fourth-order valence-electron chi connectivity index (χ4n) is 3.55. The van der Waals surface area contributed by atoms with Gasteiger partial charge in [0.25, 0.3) is 0 Å². The van der Waals surface area contributed by atoms with Crippen molar-refractivity contribution < 1.29 is 5.11 Å². The molecule has 6 heteroatoms. The van der Waals surface area contributed by atoms with E-state index in [4.69, 9.17) is 0 Å². The molecule has 3 aromatic heterocycles. The third-order valence-corrected chi connectivity index (χ3v) is 4.99. The number of benzene rings is 1. The van der Waals surface area contributed by atoms with E-state index in [0.717, 1.165) is 34.1 Å². The molecular formula is C20H16N4O2. The number of rotatable bonds is 3. The van der Waals surface area contributed by atoms with Gasteiger partial charge in [-0.3, -0.25) is 14.5 Å². The molecule has 0 bridgehead atoms. The number of hydrogen-bond donors (Lipinski definition) is 2. The minimum Gasteiger partial charge on any atom is -0.493 e. The van der Waals surface area contributed by atoms with Gasteiger partial charge in [-0.05, 0) is 36.2 Å². The summed E-state index contributed by atoms with van der Waals surface area (Å²) >= 11 is 0. The molecule has 0 unspecified atom stereocenters. The van der Waals surface area contributed by atoms with Crippen molar-refractivity contribution in [2.24, 2.45) is 0 Å². The van der Waals surface area contributed by atoms with Gasteiger partial charge in [0.1, 0.15) is 0 Å². The van der Waals surface area contributed by atoms with E-state index in [1.165, 1.54) is 10.8 Å². The van der Waals surface area contributed by atoms with Crippen LogP contribution in [-0.4, -0.2) is 24.6 Å². The van der Waals surface area contributed by atoms with Gasteiger partial charge >= 0.3 is 5.69 Å². The van der Waals surface area contributed by atoms with E-state index >= 15 is 0 Å². The predicted octanol–water partition coefficient (Wildman–Crippen LogP) is 3.22. The summed E-state index contributed by atoms with van der Waals surface area (Å²) in [5.41, 5.74) is 3.71. The summed E-state index contributed by atoms with van der Waals surface area (Å²) in [5, 5.41) is 10.9. The summed E-state index contributed by atoms with van der Waals surface area (Å²) < 4.78 is 1.41. The number of pyridine rings is 2. The van der Waals surface area contributed by atoms with E-state index in [2.05, 4.69) is 27.1 Å². The molecule has 0 aliphatic heterocycles. The van der Waals surface area contributed by atoms with Crippen LogP contribution in [0.1, 0.15) is 23.9 Å². The normalized spacial score (nSPS) is 18.9. The molecule has 0 spiro atoms. The van der Waals surface area contributed by atoms with Crippen molar-refractivity contribution in [3.63, 3.8) is 0 Å². The highest BCUT2D eigenvalue weighted by Crippen LogP contribution is 2.51. The Labute approximate surface area is 148 Å². The molecule has 5 rings (SSSR count). The lowest BCUT2D eigenvalue weighted by Crippen LogP contribution is -2.15. The first-order valence-corrected chi connectivity index (χ1v) is 8.51. The zero-order valence-corrected chi connectivity index (χ0v) is 13.8. The van der Waals surface area contributed by atoms with Crippen LogP contribution in [0.3, 0.4) is 0 Å². The van der Waals surface area contributed by atoms with E-state index in [1.54, 1.807) is 6.20 Å². The average molecular weight is 344 g/mol. The van der Waals surface area contributed by atoms with Crippen molar-refractivity contribution in [2.75, 3.05) is 0 Å². The predicted molar refractivity (Wildman–Crippen MR) is 98.1 cm³/mol. The van der Waals surface area contributed by atoms with E-state index < -0.39 is 0 Å². The highest BCUT2D eigenvalue weighted by molar-refractivity contribution is 5.83. The molecule has 3 heterocycles. The van der Waals surface area contributed by atoms with Gasteiger partial charge in [0, 0.05) is 35.3 Å². The average Bonchev–Trinajstić information content (AvgIpc) is 3.39. The maximum absolute atomic E-state index is 11.8. The number of aromatic amines is 1. The summed E-state index contributed by atoms with van der Waals surface area (Å²) in [6.45, 7) is 0. The van der Waals surface area contributed by atoms with Crippen LogP contribution in [0, 0.1) is 0 Å². The monoisotopic (exact) mass is 344 g/mol. The molecule has 1 fully saturated rings. The Morgan fingerprint density at radius 1 is 1.15 bits per heavy atom. The van der Waals surface area contributed by atoms with Crippen LogP contribution in [-0.2, 0) is 0 Å². The molecule has 1 saturated carbocycles. The molecule has 1 aliphatic carbocycles. The van der Waals surface area contributed by atoms with Crippen molar-refractivity contribution >= 4 is 10.9 Å². The second-order valence-electron chi connectivity index (χ2n) is 6.62. The van der Waals surface area contributed by atoms with E-state index in [1.807, 2.05) is 36.5 Å². The van der Waals surface area contributed by atoms with Crippen LogP contribution in [0.5, 0.6) is 5.88 Å². The number of nitrogens with one attached hydrogen (secondary N) is 1. The Kier molecular flexibility index (Phi) is 3.18. The van der Waals surface area contributed by atoms with Crippen LogP contribution in [0.15, 0.2) is 65.8 Å². The van der Waals surface area contributed by atoms with Gasteiger partial charge in [0.15, 0.2) is 0 Å². The van der Waals surface area contributed by atoms with Crippen LogP contribution in [0.25, 0.3) is 22.2 Å². The number of hydrogen-bond acceptors (Lipinski definition) is 4. The Balaban J connectivity index is 1.42. The molecule has 6 nitrogen and oxygen atoms in total. The fraction of sp³-hybridized carbons (Fsp3) is 0.150. The maximum atomic E-state index is 11.8. The van der Waals surface area contributed by atoms with Gasteiger partial charge in [0.2, 0.25) is 5.88 Å². The Bertz CT molecular complexity index is 1160. The first-order valence-electron chi connectivity index (χ1n) is 8.51. The molecular weight excluding hydrogens is 328 g/mol. The fourth-order valence-corrected chi connectivity index (χ4v) is 3.55. The lowest BCUT2D eigenvalue weighted by molar-refractivity contribution is 0.413. The maximum Gasteiger partial charge on any atom is 0.328 e. The van der Waals surface area contributed by atoms with E-state index in [-0.39, 0.29) is 23.5 Å². The second-order valence-corrected chi connectivity index (χ2v) is 6.62. The van der Waals surface area contributed by atoms with Crippen molar-refractivity contribution in [1.29, 1.82) is 0 Å². The lowest BCUT2D eigenvalue weighted by Gasteiger charge is -2.06. The largest absolute Gasteiger partial charge is 0.493 e. The van der Waals surface area contributed by atoms with Crippen LogP contribution >= 0.6 is 0 Å². The highest BCUT2D eigenvalue weighted by atomic mass is 16.3. The Morgan fingerprint density at radius 2 is 2.08 bits per heavy atom. The smallest absolute Gasteiger partial charge is 0.328 e. The number of nitrogens with zero attached hydrogens (tertiary/aromatic N) is 3. The van der Waals surface area contributed by atoms with Crippen molar-refractivity contribution in [2.45, 2.75) is 18.4 Å². The summed E-state index contributed by atoms with van der Waals surface area (Å²) in [4.78, 5) is 23.2. The summed E-state index contributed by atoms with van der Waals surface area (Å²) in [6.07, 6.45) is 5.80. The molecule has 1 aliphatic rings. The molecule has 2 N–H and O–H groups in total. The Hall–Kier alpha value is -3.41. The van der Waals surface area contributed by atoms with E-state index in [0.29, 0.717) is 0 Å².